The second-order valence-corrected chi connectivity index (χ2v) is 4.14. The summed E-state index contributed by atoms with van der Waals surface area (Å²) in [4.78, 5) is 13.6. The van der Waals surface area contributed by atoms with E-state index in [4.69, 9.17) is 0 Å². The van der Waals surface area contributed by atoms with Crippen LogP contribution >= 0.6 is 0 Å². The first kappa shape index (κ1) is 12.5. The molecular formula is C14H19NO. The van der Waals surface area contributed by atoms with Crippen LogP contribution in [0.4, 0.5) is 0 Å². The predicted molar refractivity (Wildman–Crippen MR) is 67.1 cm³/mol. The molecule has 0 fully saturated rings. The highest BCUT2D eigenvalue weighted by molar-refractivity contribution is 5.78. The van der Waals surface area contributed by atoms with Crippen molar-refractivity contribution in [2.75, 3.05) is 14.1 Å². The van der Waals surface area contributed by atoms with E-state index in [1.54, 1.807) is 19.0 Å². The van der Waals surface area contributed by atoms with Crippen LogP contribution in [0.3, 0.4) is 0 Å². The minimum atomic E-state index is 0.00917. The molecule has 0 saturated heterocycles. The first-order valence-corrected chi connectivity index (χ1v) is 5.51. The SMILES string of the molecule is C=CC[C@@H](Cc1ccccc1)C(=O)N(C)C. The van der Waals surface area contributed by atoms with Crippen molar-refractivity contribution in [1.82, 2.24) is 4.90 Å². The first-order chi connectivity index (χ1) is 7.65. The van der Waals surface area contributed by atoms with E-state index in [1.807, 2.05) is 24.3 Å². The highest BCUT2D eigenvalue weighted by Crippen LogP contribution is 2.14. The molecule has 1 aromatic rings. The van der Waals surface area contributed by atoms with Crippen molar-refractivity contribution in [1.29, 1.82) is 0 Å². The fourth-order valence-corrected chi connectivity index (χ4v) is 1.74. The summed E-state index contributed by atoms with van der Waals surface area (Å²) in [5.74, 6) is 0.179. The van der Waals surface area contributed by atoms with E-state index in [2.05, 4.69) is 18.7 Å². The lowest BCUT2D eigenvalue weighted by Crippen LogP contribution is -2.30. The summed E-state index contributed by atoms with van der Waals surface area (Å²) in [6.45, 7) is 3.71. The molecule has 16 heavy (non-hydrogen) atoms. The third-order valence-corrected chi connectivity index (χ3v) is 2.57. The standard InChI is InChI=1S/C14H19NO/c1-4-8-13(14(16)15(2)3)11-12-9-6-5-7-10-12/h4-7,9-10,13H,1,8,11H2,2-3H3/t13-/m0/s1. The van der Waals surface area contributed by atoms with Crippen molar-refractivity contribution in [3.63, 3.8) is 0 Å². The predicted octanol–water partition coefficient (Wildman–Crippen LogP) is 2.51. The van der Waals surface area contributed by atoms with E-state index in [0.29, 0.717) is 0 Å². The van der Waals surface area contributed by atoms with Crippen molar-refractivity contribution in [3.05, 3.63) is 48.6 Å². The molecule has 86 valence electrons. The molecule has 1 rings (SSSR count). The maximum atomic E-state index is 11.9. The summed E-state index contributed by atoms with van der Waals surface area (Å²) in [7, 11) is 3.59. The molecule has 2 heteroatoms. The number of hydrogen-bond donors (Lipinski definition) is 0. The van der Waals surface area contributed by atoms with Crippen molar-refractivity contribution < 1.29 is 4.79 Å². The van der Waals surface area contributed by atoms with Crippen molar-refractivity contribution in [3.8, 4) is 0 Å². The van der Waals surface area contributed by atoms with E-state index in [0.717, 1.165) is 12.8 Å². The van der Waals surface area contributed by atoms with Crippen LogP contribution in [0.15, 0.2) is 43.0 Å². The number of rotatable bonds is 5. The van der Waals surface area contributed by atoms with Crippen LogP contribution in [0.25, 0.3) is 0 Å². The van der Waals surface area contributed by atoms with Crippen LogP contribution in [-0.2, 0) is 11.2 Å². The molecule has 0 N–H and O–H groups in total. The van der Waals surface area contributed by atoms with Gasteiger partial charge in [-0.25, -0.2) is 0 Å². The van der Waals surface area contributed by atoms with E-state index >= 15 is 0 Å². The highest BCUT2D eigenvalue weighted by Gasteiger charge is 2.18. The lowest BCUT2D eigenvalue weighted by atomic mass is 9.95. The summed E-state index contributed by atoms with van der Waals surface area (Å²) in [5.41, 5.74) is 1.20. The Morgan fingerprint density at radius 1 is 1.38 bits per heavy atom. The van der Waals surface area contributed by atoms with Crippen LogP contribution < -0.4 is 0 Å². The molecule has 1 amide bonds. The first-order valence-electron chi connectivity index (χ1n) is 5.51. The van der Waals surface area contributed by atoms with Gasteiger partial charge in [0, 0.05) is 20.0 Å². The molecule has 0 aliphatic heterocycles. The Labute approximate surface area is 97.6 Å². The molecule has 0 bridgehead atoms. The molecule has 0 radical (unpaired) electrons. The number of carbonyl (C=O) groups excluding carboxylic acids is 1. The van der Waals surface area contributed by atoms with Crippen molar-refractivity contribution in [2.24, 2.45) is 5.92 Å². The van der Waals surface area contributed by atoms with Gasteiger partial charge in [-0.3, -0.25) is 4.79 Å². The number of benzene rings is 1. The van der Waals surface area contributed by atoms with Crippen LogP contribution in [0.5, 0.6) is 0 Å². The number of allylic oxidation sites excluding steroid dienone is 1. The lowest BCUT2D eigenvalue weighted by Gasteiger charge is -2.19. The van der Waals surface area contributed by atoms with Gasteiger partial charge in [-0.1, -0.05) is 36.4 Å². The molecule has 0 spiro atoms. The van der Waals surface area contributed by atoms with Gasteiger partial charge in [-0.15, -0.1) is 6.58 Å². The van der Waals surface area contributed by atoms with Gasteiger partial charge in [0.2, 0.25) is 5.91 Å². The molecule has 1 atom stereocenters. The van der Waals surface area contributed by atoms with E-state index in [9.17, 15) is 4.79 Å². The number of amides is 1. The number of carbonyl (C=O) groups is 1. The Balaban J connectivity index is 2.72. The molecule has 0 aromatic heterocycles. The fraction of sp³-hybridized carbons (Fsp3) is 0.357. The van der Waals surface area contributed by atoms with Crippen LogP contribution in [-0.4, -0.2) is 24.9 Å². The minimum Gasteiger partial charge on any atom is -0.349 e. The summed E-state index contributed by atoms with van der Waals surface area (Å²) < 4.78 is 0. The van der Waals surface area contributed by atoms with Gasteiger partial charge in [0.25, 0.3) is 0 Å². The third kappa shape index (κ3) is 3.54. The van der Waals surface area contributed by atoms with E-state index in [-0.39, 0.29) is 11.8 Å². The van der Waals surface area contributed by atoms with Crippen molar-refractivity contribution >= 4 is 5.91 Å². The molecule has 0 aliphatic carbocycles. The van der Waals surface area contributed by atoms with E-state index < -0.39 is 0 Å². The highest BCUT2D eigenvalue weighted by atomic mass is 16.2. The third-order valence-electron chi connectivity index (χ3n) is 2.57. The maximum Gasteiger partial charge on any atom is 0.225 e. The van der Waals surface area contributed by atoms with Gasteiger partial charge in [-0.2, -0.15) is 0 Å². The number of hydrogen-bond acceptors (Lipinski definition) is 1. The second kappa shape index (κ2) is 6.11. The molecule has 0 saturated carbocycles. The van der Waals surface area contributed by atoms with E-state index in [1.165, 1.54) is 5.56 Å². The Morgan fingerprint density at radius 3 is 2.50 bits per heavy atom. The van der Waals surface area contributed by atoms with Gasteiger partial charge in [0.05, 0.1) is 0 Å². The average Bonchev–Trinajstić information content (AvgIpc) is 2.29. The van der Waals surface area contributed by atoms with Crippen LogP contribution in [0.2, 0.25) is 0 Å². The largest absolute Gasteiger partial charge is 0.349 e. The quantitative estimate of drug-likeness (QED) is 0.694. The molecule has 0 heterocycles. The molecular weight excluding hydrogens is 198 g/mol. The average molecular weight is 217 g/mol. The minimum absolute atomic E-state index is 0.00917. The maximum absolute atomic E-state index is 11.9. The zero-order valence-corrected chi connectivity index (χ0v) is 10.0. The second-order valence-electron chi connectivity index (χ2n) is 4.14. The van der Waals surface area contributed by atoms with Crippen molar-refractivity contribution in [2.45, 2.75) is 12.8 Å². The Kier molecular flexibility index (Phi) is 4.77. The monoisotopic (exact) mass is 217 g/mol. The topological polar surface area (TPSA) is 20.3 Å². The molecule has 1 aromatic carbocycles. The van der Waals surface area contributed by atoms with Gasteiger partial charge in [-0.05, 0) is 18.4 Å². The number of nitrogens with zero attached hydrogens (tertiary/aromatic N) is 1. The van der Waals surface area contributed by atoms with Gasteiger partial charge < -0.3 is 4.90 Å². The zero-order chi connectivity index (χ0) is 12.0. The molecule has 2 nitrogen and oxygen atoms in total. The summed E-state index contributed by atoms with van der Waals surface area (Å²) in [6.07, 6.45) is 3.32. The summed E-state index contributed by atoms with van der Waals surface area (Å²) >= 11 is 0. The van der Waals surface area contributed by atoms with Gasteiger partial charge in [0.15, 0.2) is 0 Å². The van der Waals surface area contributed by atoms with Gasteiger partial charge in [0.1, 0.15) is 0 Å². The smallest absolute Gasteiger partial charge is 0.225 e. The Bertz CT molecular complexity index is 343. The zero-order valence-electron chi connectivity index (χ0n) is 10.0. The Hall–Kier alpha value is -1.57. The summed E-state index contributed by atoms with van der Waals surface area (Å²) in [5, 5.41) is 0. The van der Waals surface area contributed by atoms with Crippen LogP contribution in [0.1, 0.15) is 12.0 Å². The normalized spacial score (nSPS) is 11.9. The van der Waals surface area contributed by atoms with Gasteiger partial charge >= 0.3 is 0 Å². The molecule has 0 unspecified atom stereocenters. The van der Waals surface area contributed by atoms with Crippen LogP contribution in [0, 0.1) is 5.92 Å². The molecule has 0 aliphatic rings. The summed E-state index contributed by atoms with van der Waals surface area (Å²) in [6, 6.07) is 10.1. The lowest BCUT2D eigenvalue weighted by molar-refractivity contribution is -0.132. The Morgan fingerprint density at radius 2 is 2.00 bits per heavy atom. The fourth-order valence-electron chi connectivity index (χ4n) is 1.74.